The van der Waals surface area contributed by atoms with Crippen LogP contribution in [-0.4, -0.2) is 58.4 Å². The summed E-state index contributed by atoms with van der Waals surface area (Å²) in [4.78, 5) is 30.0. The molecule has 2 rings (SSSR count). The molecule has 10 nitrogen and oxygen atoms in total. The first-order valence-corrected chi connectivity index (χ1v) is 9.19. The molecule has 1 aliphatic rings. The lowest BCUT2D eigenvalue weighted by Crippen LogP contribution is -2.37. The minimum absolute atomic E-state index is 0.0577. The fraction of sp³-hybridized carbons (Fsp3) is 0.611. The highest BCUT2D eigenvalue weighted by Gasteiger charge is 2.40. The molecule has 0 bridgehead atoms. The van der Waals surface area contributed by atoms with Gasteiger partial charge in [-0.1, -0.05) is 20.3 Å². The number of azo groups is 1. The van der Waals surface area contributed by atoms with E-state index in [4.69, 9.17) is 9.47 Å². The summed E-state index contributed by atoms with van der Waals surface area (Å²) in [5, 5.41) is 18.3. The molecule has 0 saturated carbocycles. The Morgan fingerprint density at radius 1 is 1.29 bits per heavy atom. The van der Waals surface area contributed by atoms with Crippen molar-refractivity contribution in [3.8, 4) is 0 Å². The van der Waals surface area contributed by atoms with Crippen LogP contribution in [0.25, 0.3) is 0 Å². The summed E-state index contributed by atoms with van der Waals surface area (Å²) in [6, 6.07) is 0. The Balaban J connectivity index is 2.31. The van der Waals surface area contributed by atoms with Crippen LogP contribution < -0.4 is 0 Å². The first-order chi connectivity index (χ1) is 13.4. The third kappa shape index (κ3) is 4.22. The summed E-state index contributed by atoms with van der Waals surface area (Å²) < 4.78 is 11.6. The Labute approximate surface area is 163 Å². The van der Waals surface area contributed by atoms with Crippen LogP contribution in [0.5, 0.6) is 0 Å². The second-order valence-electron chi connectivity index (χ2n) is 6.34. The smallest absolute Gasteiger partial charge is 0.311 e. The molecule has 0 saturated heterocycles. The fourth-order valence-electron chi connectivity index (χ4n) is 2.97. The predicted molar refractivity (Wildman–Crippen MR) is 99.9 cm³/mol. The normalized spacial score (nSPS) is 17.2. The number of esters is 1. The van der Waals surface area contributed by atoms with Crippen LogP contribution in [0.2, 0.25) is 0 Å². The van der Waals surface area contributed by atoms with E-state index in [1.165, 1.54) is 19.1 Å². The molecule has 2 heterocycles. The molecule has 1 unspecified atom stereocenters. The van der Waals surface area contributed by atoms with Crippen LogP contribution in [0.4, 0.5) is 5.95 Å². The number of aliphatic hydroxyl groups is 1. The van der Waals surface area contributed by atoms with Crippen molar-refractivity contribution in [3.63, 3.8) is 0 Å². The van der Waals surface area contributed by atoms with Gasteiger partial charge >= 0.3 is 5.97 Å². The van der Waals surface area contributed by atoms with Crippen molar-refractivity contribution in [2.45, 2.75) is 45.8 Å². The van der Waals surface area contributed by atoms with Crippen LogP contribution in [-0.2, 0) is 39.0 Å². The van der Waals surface area contributed by atoms with E-state index in [0.29, 0.717) is 24.4 Å². The first kappa shape index (κ1) is 21.5. The molecule has 1 aromatic rings. The van der Waals surface area contributed by atoms with Crippen molar-refractivity contribution in [1.82, 2.24) is 14.5 Å². The highest BCUT2D eigenvalue weighted by Crippen LogP contribution is 2.28. The van der Waals surface area contributed by atoms with Gasteiger partial charge in [0.15, 0.2) is 17.7 Å². The van der Waals surface area contributed by atoms with Crippen molar-refractivity contribution in [2.24, 2.45) is 17.3 Å². The number of methoxy groups -OCH3 is 2. The van der Waals surface area contributed by atoms with Crippen molar-refractivity contribution in [3.05, 3.63) is 22.8 Å². The highest BCUT2D eigenvalue weighted by atomic mass is 16.5. The number of rotatable bonds is 9. The van der Waals surface area contributed by atoms with Crippen molar-refractivity contribution < 1.29 is 24.2 Å². The lowest BCUT2D eigenvalue weighted by atomic mass is 10.2. The quantitative estimate of drug-likeness (QED) is 0.507. The number of aryl methyl sites for hydroxylation is 1. The van der Waals surface area contributed by atoms with E-state index in [0.717, 1.165) is 12.8 Å². The molecule has 1 aliphatic heterocycles. The summed E-state index contributed by atoms with van der Waals surface area (Å²) in [7, 11) is 4.44. The average Bonchev–Trinajstić information content (AvgIpc) is 3.11. The number of aromatic nitrogens is 2. The Hall–Kier alpha value is -2.75. The van der Waals surface area contributed by atoms with Gasteiger partial charge in [0.25, 0.3) is 5.91 Å². The lowest BCUT2D eigenvalue weighted by molar-refractivity contribution is -0.140. The molecule has 0 radical (unpaired) electrons. The summed E-state index contributed by atoms with van der Waals surface area (Å²) in [6.45, 7) is 4.37. The molecule has 1 aromatic heterocycles. The molecule has 28 heavy (non-hydrogen) atoms. The van der Waals surface area contributed by atoms with Gasteiger partial charge < -0.3 is 24.0 Å². The van der Waals surface area contributed by atoms with E-state index in [2.05, 4.69) is 15.2 Å². The fourth-order valence-corrected chi connectivity index (χ4v) is 2.97. The lowest BCUT2D eigenvalue weighted by Gasteiger charge is -2.23. The number of nitrogens with zero attached hydrogens (tertiary/aromatic N) is 5. The van der Waals surface area contributed by atoms with Gasteiger partial charge in [0.2, 0.25) is 5.95 Å². The summed E-state index contributed by atoms with van der Waals surface area (Å²) in [5.74, 6) is -0.875. The van der Waals surface area contributed by atoms with E-state index in [1.54, 1.807) is 11.6 Å². The minimum Gasteiger partial charge on any atom is -0.506 e. The second kappa shape index (κ2) is 9.45. The Bertz CT molecular complexity index is 799. The van der Waals surface area contributed by atoms with E-state index < -0.39 is 12.1 Å². The van der Waals surface area contributed by atoms with Gasteiger partial charge in [0.1, 0.15) is 0 Å². The van der Waals surface area contributed by atoms with Gasteiger partial charge in [-0.15, -0.1) is 10.2 Å². The van der Waals surface area contributed by atoms with Crippen LogP contribution in [0.3, 0.4) is 0 Å². The van der Waals surface area contributed by atoms with Crippen molar-refractivity contribution in [2.75, 3.05) is 20.8 Å². The maximum absolute atomic E-state index is 12.6. The molecule has 1 atom stereocenters. The maximum Gasteiger partial charge on any atom is 0.311 e. The van der Waals surface area contributed by atoms with E-state index in [-0.39, 0.29) is 29.8 Å². The van der Waals surface area contributed by atoms with E-state index >= 15 is 0 Å². The van der Waals surface area contributed by atoms with Gasteiger partial charge in [-0.3, -0.25) is 9.59 Å². The number of ether oxygens (including phenoxy) is 2. The number of unbranched alkanes of at least 4 members (excludes halogenated alkanes) is 1. The molecule has 0 spiro atoms. The zero-order valence-corrected chi connectivity index (χ0v) is 16.9. The molecule has 0 aromatic carbocycles. The molecule has 154 valence electrons. The van der Waals surface area contributed by atoms with Gasteiger partial charge in [-0.25, -0.2) is 4.98 Å². The summed E-state index contributed by atoms with van der Waals surface area (Å²) >= 11 is 0. The summed E-state index contributed by atoms with van der Waals surface area (Å²) in [6.07, 6.45) is 1.46. The Morgan fingerprint density at radius 2 is 2.00 bits per heavy atom. The Kier molecular flexibility index (Phi) is 7.27. The van der Waals surface area contributed by atoms with Gasteiger partial charge in [0.05, 0.1) is 24.9 Å². The number of aliphatic hydroxyl groups excluding tert-OH is 1. The van der Waals surface area contributed by atoms with E-state index in [9.17, 15) is 14.7 Å². The molecule has 0 fully saturated rings. The van der Waals surface area contributed by atoms with Crippen molar-refractivity contribution >= 4 is 17.8 Å². The molecule has 0 aliphatic carbocycles. The maximum atomic E-state index is 12.6. The number of carbonyl (C=O) groups is 2. The van der Waals surface area contributed by atoms with Gasteiger partial charge in [0, 0.05) is 20.7 Å². The monoisotopic (exact) mass is 393 g/mol. The van der Waals surface area contributed by atoms with E-state index in [1.807, 2.05) is 13.8 Å². The minimum atomic E-state index is -0.865. The molecular formula is C18H27N5O5. The third-order valence-electron chi connectivity index (χ3n) is 4.59. The van der Waals surface area contributed by atoms with Gasteiger partial charge in [-0.2, -0.15) is 0 Å². The molecule has 1 amide bonds. The standard InChI is InChI=1S/C18H27N5O5/c1-6-8-9-23-16(26)14(15(25)17(23)28-5)20-21-18-19-11(7-2)12(22(18)3)10-13(24)27-4/h17,25H,6-10H2,1-5H3. The SMILES string of the molecule is CCCCN1C(=O)C(N=Nc2nc(CC)c(CC(=O)OC)n2C)=C(O)C1OC. The van der Waals surface area contributed by atoms with Crippen LogP contribution >= 0.6 is 0 Å². The molecule has 1 N–H and O–H groups in total. The highest BCUT2D eigenvalue weighted by molar-refractivity contribution is 5.96. The largest absolute Gasteiger partial charge is 0.506 e. The predicted octanol–water partition coefficient (Wildman–Crippen LogP) is 2.17. The average molecular weight is 393 g/mol. The number of carbonyl (C=O) groups excluding carboxylic acids is 2. The number of hydrogen-bond donors (Lipinski definition) is 1. The van der Waals surface area contributed by atoms with Crippen molar-refractivity contribution in [1.29, 1.82) is 0 Å². The van der Waals surface area contributed by atoms with Gasteiger partial charge in [-0.05, 0) is 12.8 Å². The zero-order chi connectivity index (χ0) is 20.8. The number of hydrogen-bond acceptors (Lipinski definition) is 8. The second-order valence-corrected chi connectivity index (χ2v) is 6.34. The third-order valence-corrected chi connectivity index (χ3v) is 4.59. The van der Waals surface area contributed by atoms with Crippen LogP contribution in [0, 0.1) is 0 Å². The molecule has 10 heteroatoms. The van der Waals surface area contributed by atoms with Crippen LogP contribution in [0.1, 0.15) is 38.1 Å². The van der Waals surface area contributed by atoms with Crippen LogP contribution in [0.15, 0.2) is 21.7 Å². The topological polar surface area (TPSA) is 119 Å². The zero-order valence-electron chi connectivity index (χ0n) is 16.9. The molecular weight excluding hydrogens is 366 g/mol. The Morgan fingerprint density at radius 3 is 2.57 bits per heavy atom. The number of imidazole rings is 1. The summed E-state index contributed by atoms with van der Waals surface area (Å²) in [5.41, 5.74) is 1.19. The first-order valence-electron chi connectivity index (χ1n) is 9.19. The number of amides is 1.